The maximum atomic E-state index is 8.59. The van der Waals surface area contributed by atoms with Gasteiger partial charge in [-0.25, -0.2) is 0 Å². The van der Waals surface area contributed by atoms with Crippen molar-refractivity contribution in [1.82, 2.24) is 5.32 Å². The van der Waals surface area contributed by atoms with Crippen molar-refractivity contribution in [2.24, 2.45) is 0 Å². The predicted molar refractivity (Wildman–Crippen MR) is 48.7 cm³/mol. The van der Waals surface area contributed by atoms with Gasteiger partial charge in [-0.1, -0.05) is 19.8 Å². The van der Waals surface area contributed by atoms with Crippen LogP contribution in [0.15, 0.2) is 0 Å². The molecular weight excluding hydrogens is 138 g/mol. The fourth-order valence-corrected chi connectivity index (χ4v) is 1.10. The van der Waals surface area contributed by atoms with Gasteiger partial charge in [0.2, 0.25) is 0 Å². The van der Waals surface area contributed by atoms with Gasteiger partial charge < -0.3 is 10.4 Å². The Labute approximate surface area is 70.0 Å². The average molecular weight is 159 g/mol. The molecule has 0 rings (SSSR count). The predicted octanol–water partition coefficient (Wildman–Crippen LogP) is 1.54. The van der Waals surface area contributed by atoms with E-state index in [2.05, 4.69) is 26.1 Å². The molecule has 2 N–H and O–H groups in total. The molecule has 0 heterocycles. The molecule has 0 aromatic rings. The normalized spacial score (nSPS) is 12.0. The largest absolute Gasteiger partial charge is 0.395 e. The first-order chi connectivity index (χ1) is 5.12. The third-order valence-corrected chi connectivity index (χ3v) is 1.87. The molecule has 0 aromatic carbocycles. The molecular formula is C9H21NO. The van der Waals surface area contributed by atoms with Gasteiger partial charge in [0.15, 0.2) is 0 Å². The second-order valence-electron chi connectivity index (χ2n) is 3.64. The van der Waals surface area contributed by atoms with E-state index >= 15 is 0 Å². The first kappa shape index (κ1) is 10.9. The zero-order valence-electron chi connectivity index (χ0n) is 7.98. The minimum atomic E-state index is 0.193. The van der Waals surface area contributed by atoms with Crippen LogP contribution in [0.2, 0.25) is 0 Å². The summed E-state index contributed by atoms with van der Waals surface area (Å²) < 4.78 is 0. The first-order valence-electron chi connectivity index (χ1n) is 4.48. The SMILES string of the molecule is CCCCC(C)(C)NCCO. The number of rotatable bonds is 6. The van der Waals surface area contributed by atoms with E-state index in [9.17, 15) is 0 Å². The van der Waals surface area contributed by atoms with Gasteiger partial charge in [-0.2, -0.15) is 0 Å². The number of aliphatic hydroxyl groups excluding tert-OH is 1. The van der Waals surface area contributed by atoms with Crippen LogP contribution in [-0.4, -0.2) is 23.8 Å². The summed E-state index contributed by atoms with van der Waals surface area (Å²) in [5, 5.41) is 11.9. The Morgan fingerprint density at radius 1 is 1.36 bits per heavy atom. The van der Waals surface area contributed by atoms with Gasteiger partial charge in [-0.15, -0.1) is 0 Å². The Morgan fingerprint density at radius 3 is 2.45 bits per heavy atom. The Balaban J connectivity index is 3.43. The molecule has 2 heteroatoms. The lowest BCUT2D eigenvalue weighted by molar-refractivity contribution is 0.258. The summed E-state index contributed by atoms with van der Waals surface area (Å²) in [4.78, 5) is 0. The van der Waals surface area contributed by atoms with Crippen molar-refractivity contribution in [2.45, 2.75) is 45.6 Å². The van der Waals surface area contributed by atoms with Gasteiger partial charge in [0.1, 0.15) is 0 Å². The third-order valence-electron chi connectivity index (χ3n) is 1.87. The standard InChI is InChI=1S/C9H21NO/c1-4-5-6-9(2,3)10-7-8-11/h10-11H,4-8H2,1-3H3. The molecule has 0 spiro atoms. The summed E-state index contributed by atoms with van der Waals surface area (Å²) in [6, 6.07) is 0. The third kappa shape index (κ3) is 6.32. The van der Waals surface area contributed by atoms with Crippen molar-refractivity contribution in [3.05, 3.63) is 0 Å². The zero-order valence-corrected chi connectivity index (χ0v) is 7.98. The van der Waals surface area contributed by atoms with Gasteiger partial charge in [0, 0.05) is 12.1 Å². The van der Waals surface area contributed by atoms with Crippen LogP contribution in [0.5, 0.6) is 0 Å². The van der Waals surface area contributed by atoms with E-state index in [4.69, 9.17) is 5.11 Å². The Morgan fingerprint density at radius 2 is 2.00 bits per heavy atom. The Kier molecular flexibility index (Phi) is 5.51. The monoisotopic (exact) mass is 159 g/mol. The van der Waals surface area contributed by atoms with E-state index in [0.717, 1.165) is 0 Å². The van der Waals surface area contributed by atoms with Crippen LogP contribution >= 0.6 is 0 Å². The van der Waals surface area contributed by atoms with E-state index in [1.165, 1.54) is 19.3 Å². The quantitative estimate of drug-likeness (QED) is 0.616. The van der Waals surface area contributed by atoms with Crippen LogP contribution in [-0.2, 0) is 0 Å². The lowest BCUT2D eigenvalue weighted by Gasteiger charge is -2.25. The summed E-state index contributed by atoms with van der Waals surface area (Å²) in [6.07, 6.45) is 3.68. The molecule has 0 saturated heterocycles. The van der Waals surface area contributed by atoms with Crippen LogP contribution in [0.4, 0.5) is 0 Å². The van der Waals surface area contributed by atoms with E-state index in [-0.39, 0.29) is 12.1 Å². The first-order valence-corrected chi connectivity index (χ1v) is 4.48. The van der Waals surface area contributed by atoms with Crippen LogP contribution in [0.3, 0.4) is 0 Å². The minimum Gasteiger partial charge on any atom is -0.395 e. The van der Waals surface area contributed by atoms with Crippen molar-refractivity contribution < 1.29 is 5.11 Å². The maximum Gasteiger partial charge on any atom is 0.0556 e. The summed E-state index contributed by atoms with van der Waals surface area (Å²) >= 11 is 0. The highest BCUT2D eigenvalue weighted by atomic mass is 16.3. The van der Waals surface area contributed by atoms with Gasteiger partial charge in [-0.3, -0.25) is 0 Å². The second kappa shape index (κ2) is 5.56. The smallest absolute Gasteiger partial charge is 0.0556 e. The Hall–Kier alpha value is -0.0800. The maximum absolute atomic E-state index is 8.59. The molecule has 0 aliphatic carbocycles. The van der Waals surface area contributed by atoms with Crippen LogP contribution in [0.25, 0.3) is 0 Å². The summed E-state index contributed by atoms with van der Waals surface area (Å²) in [7, 11) is 0. The average Bonchev–Trinajstić information content (AvgIpc) is 1.97. The van der Waals surface area contributed by atoms with Crippen molar-refractivity contribution in [3.8, 4) is 0 Å². The van der Waals surface area contributed by atoms with Crippen LogP contribution in [0.1, 0.15) is 40.0 Å². The topological polar surface area (TPSA) is 32.3 Å². The number of hydrogen-bond donors (Lipinski definition) is 2. The zero-order chi connectivity index (χ0) is 8.74. The molecule has 11 heavy (non-hydrogen) atoms. The highest BCUT2D eigenvalue weighted by molar-refractivity contribution is 4.76. The van der Waals surface area contributed by atoms with E-state index < -0.39 is 0 Å². The van der Waals surface area contributed by atoms with Gasteiger partial charge in [0.05, 0.1) is 6.61 Å². The Bertz CT molecular complexity index is 81.6. The lowest BCUT2D eigenvalue weighted by atomic mass is 9.97. The molecule has 0 unspecified atom stereocenters. The van der Waals surface area contributed by atoms with E-state index in [1.54, 1.807) is 0 Å². The van der Waals surface area contributed by atoms with Gasteiger partial charge in [-0.05, 0) is 20.3 Å². The number of β-amino-alcohol motifs (C(OH)–C–C–N with tert-alkyl or cyclic N) is 1. The van der Waals surface area contributed by atoms with Crippen LogP contribution in [0, 0.1) is 0 Å². The molecule has 0 amide bonds. The summed E-state index contributed by atoms with van der Waals surface area (Å²) in [5.41, 5.74) is 0.193. The highest BCUT2D eigenvalue weighted by Gasteiger charge is 2.14. The molecule has 2 nitrogen and oxygen atoms in total. The van der Waals surface area contributed by atoms with E-state index in [0.29, 0.717) is 6.54 Å². The number of unbranched alkanes of at least 4 members (excludes halogenated alkanes) is 1. The fourth-order valence-electron chi connectivity index (χ4n) is 1.10. The second-order valence-corrected chi connectivity index (χ2v) is 3.64. The minimum absolute atomic E-state index is 0.193. The number of aliphatic hydroxyl groups is 1. The highest BCUT2D eigenvalue weighted by Crippen LogP contribution is 2.11. The molecule has 0 saturated carbocycles. The summed E-state index contributed by atoms with van der Waals surface area (Å²) in [5.74, 6) is 0. The molecule has 68 valence electrons. The van der Waals surface area contributed by atoms with Crippen molar-refractivity contribution in [2.75, 3.05) is 13.2 Å². The number of hydrogen-bond acceptors (Lipinski definition) is 2. The number of nitrogens with one attached hydrogen (secondary N) is 1. The lowest BCUT2D eigenvalue weighted by Crippen LogP contribution is -2.40. The molecule has 0 aliphatic rings. The van der Waals surface area contributed by atoms with Crippen molar-refractivity contribution >= 4 is 0 Å². The summed E-state index contributed by atoms with van der Waals surface area (Å²) in [6.45, 7) is 7.49. The van der Waals surface area contributed by atoms with Crippen molar-refractivity contribution in [1.29, 1.82) is 0 Å². The van der Waals surface area contributed by atoms with Gasteiger partial charge >= 0.3 is 0 Å². The molecule has 0 aliphatic heterocycles. The molecule has 0 bridgehead atoms. The molecule has 0 aromatic heterocycles. The van der Waals surface area contributed by atoms with Gasteiger partial charge in [0.25, 0.3) is 0 Å². The van der Waals surface area contributed by atoms with Crippen LogP contribution < -0.4 is 5.32 Å². The molecule has 0 radical (unpaired) electrons. The van der Waals surface area contributed by atoms with E-state index in [1.807, 2.05) is 0 Å². The molecule has 0 atom stereocenters. The molecule has 0 fully saturated rings. The van der Waals surface area contributed by atoms with Crippen molar-refractivity contribution in [3.63, 3.8) is 0 Å². The fraction of sp³-hybridized carbons (Fsp3) is 1.00.